The average molecular weight is 709 g/mol. The molecule has 0 amide bonds. The molecule has 0 atom stereocenters. The summed E-state index contributed by atoms with van der Waals surface area (Å²) in [6, 6.07) is 28.3. The number of nitrogens with one attached hydrogen (secondary N) is 2. The third kappa shape index (κ3) is 8.25. The molecular formula is C40H38ClFN4O5. The highest BCUT2D eigenvalue weighted by Crippen LogP contribution is 2.37. The van der Waals surface area contributed by atoms with E-state index in [9.17, 15) is 4.39 Å². The monoisotopic (exact) mass is 708 g/mol. The van der Waals surface area contributed by atoms with Crippen molar-refractivity contribution in [3.8, 4) is 39.9 Å². The molecule has 1 heterocycles. The lowest BCUT2D eigenvalue weighted by atomic mass is 9.97. The van der Waals surface area contributed by atoms with Gasteiger partial charge in [-0.15, -0.1) is 0 Å². The van der Waals surface area contributed by atoms with Gasteiger partial charge in [0.05, 0.1) is 37.4 Å². The third-order valence-corrected chi connectivity index (χ3v) is 8.74. The number of halogens is 2. The maximum absolute atomic E-state index is 13.7. The van der Waals surface area contributed by atoms with Crippen LogP contribution < -0.4 is 34.3 Å². The minimum Gasteiger partial charge on any atom is -0.496 e. The number of fused-ring (bicyclic) bond motifs is 1. The van der Waals surface area contributed by atoms with Crippen LogP contribution in [-0.4, -0.2) is 44.4 Å². The molecule has 0 saturated heterocycles. The lowest BCUT2D eigenvalue weighted by molar-refractivity contribution is 0.290. The van der Waals surface area contributed by atoms with Gasteiger partial charge in [-0.05, 0) is 53.4 Å². The zero-order chi connectivity index (χ0) is 35.7. The summed E-state index contributed by atoms with van der Waals surface area (Å²) in [6.45, 7) is 3.82. The Morgan fingerprint density at radius 1 is 0.765 bits per heavy atom. The number of aromatic nitrogens is 2. The molecule has 51 heavy (non-hydrogen) atoms. The van der Waals surface area contributed by atoms with E-state index < -0.39 is 5.82 Å². The van der Waals surface area contributed by atoms with Crippen molar-refractivity contribution in [2.45, 2.75) is 20.1 Å². The summed E-state index contributed by atoms with van der Waals surface area (Å²) in [7, 11) is 4.83. The maximum atomic E-state index is 13.7. The Morgan fingerprint density at radius 2 is 1.53 bits per heavy atom. The second kappa shape index (κ2) is 16.4. The van der Waals surface area contributed by atoms with Gasteiger partial charge in [0.25, 0.3) is 0 Å². The molecule has 11 heteroatoms. The van der Waals surface area contributed by atoms with Gasteiger partial charge in [0.1, 0.15) is 48.4 Å². The number of hydrogen-bond donors (Lipinski definition) is 2. The summed E-state index contributed by atoms with van der Waals surface area (Å²) >= 11 is 5.98. The molecular weight excluding hydrogens is 671 g/mol. The summed E-state index contributed by atoms with van der Waals surface area (Å²) in [5.41, 5.74) is 6.70. The number of methoxy groups -OCH3 is 3. The zero-order valence-electron chi connectivity index (χ0n) is 28.8. The Hall–Kier alpha value is -5.58. The summed E-state index contributed by atoms with van der Waals surface area (Å²) in [5, 5.41) is 7.29. The first-order chi connectivity index (χ1) is 24.9. The number of benzene rings is 5. The molecule has 0 radical (unpaired) electrons. The second-order valence-corrected chi connectivity index (χ2v) is 12.0. The molecule has 5 aromatic carbocycles. The van der Waals surface area contributed by atoms with E-state index in [1.165, 1.54) is 35.2 Å². The fraction of sp³-hybridized carbons (Fsp3) is 0.200. The second-order valence-electron chi connectivity index (χ2n) is 11.6. The number of nitrogens with zero attached hydrogens (tertiary/aromatic N) is 2. The molecule has 0 aliphatic rings. The van der Waals surface area contributed by atoms with E-state index in [0.29, 0.717) is 77.5 Å². The average Bonchev–Trinajstić information content (AvgIpc) is 3.16. The lowest BCUT2D eigenvalue weighted by Gasteiger charge is -2.18. The van der Waals surface area contributed by atoms with Gasteiger partial charge in [-0.2, -0.15) is 0 Å². The van der Waals surface area contributed by atoms with Crippen molar-refractivity contribution in [3.63, 3.8) is 0 Å². The summed E-state index contributed by atoms with van der Waals surface area (Å²) in [6.07, 6.45) is 1.44. The van der Waals surface area contributed by atoms with Gasteiger partial charge in [0.2, 0.25) is 0 Å². The van der Waals surface area contributed by atoms with E-state index in [1.807, 2.05) is 36.4 Å². The molecule has 0 aliphatic heterocycles. The number of ether oxygens (including phenoxy) is 5. The zero-order valence-corrected chi connectivity index (χ0v) is 29.5. The highest BCUT2D eigenvalue weighted by atomic mass is 35.5. The predicted octanol–water partition coefficient (Wildman–Crippen LogP) is 8.91. The number of hydrogen-bond acceptors (Lipinski definition) is 9. The standard InChI is InChI=1S/C40H38ClFN4O5/c1-25-27(11-8-12-30(25)26-9-6-5-7-10-26)23-51-29-18-36(47-2)32(37(19-29)48-3)22-43-15-16-50-39-20-31-35(21-38(39)49-4)44-24-45-40(31)46-28-13-14-34(42)33(41)17-28/h5-14,17-21,24,43H,15-16,22-23H2,1-4H3,(H,44,45,46). The third-order valence-electron chi connectivity index (χ3n) is 8.45. The van der Waals surface area contributed by atoms with Crippen molar-refractivity contribution in [2.24, 2.45) is 0 Å². The molecule has 262 valence electrons. The van der Waals surface area contributed by atoms with E-state index in [2.05, 4.69) is 57.9 Å². The molecule has 0 spiro atoms. The predicted molar refractivity (Wildman–Crippen MR) is 198 cm³/mol. The molecule has 1 aromatic heterocycles. The van der Waals surface area contributed by atoms with Gasteiger partial charge in [-0.25, -0.2) is 14.4 Å². The Labute approximate surface area is 301 Å². The molecule has 0 aliphatic carbocycles. The fourth-order valence-electron chi connectivity index (χ4n) is 5.74. The summed E-state index contributed by atoms with van der Waals surface area (Å²) in [5.74, 6) is 2.98. The molecule has 0 fully saturated rings. The van der Waals surface area contributed by atoms with Crippen molar-refractivity contribution < 1.29 is 28.1 Å². The van der Waals surface area contributed by atoms with Crippen LogP contribution in [0.2, 0.25) is 5.02 Å². The normalized spacial score (nSPS) is 10.9. The van der Waals surface area contributed by atoms with Crippen LogP contribution in [0.1, 0.15) is 16.7 Å². The van der Waals surface area contributed by atoms with Gasteiger partial charge < -0.3 is 34.3 Å². The first-order valence-corrected chi connectivity index (χ1v) is 16.7. The molecule has 6 rings (SSSR count). The summed E-state index contributed by atoms with van der Waals surface area (Å²) < 4.78 is 43.2. The molecule has 0 unspecified atom stereocenters. The minimum atomic E-state index is -0.501. The van der Waals surface area contributed by atoms with E-state index in [1.54, 1.807) is 33.5 Å². The smallest absolute Gasteiger partial charge is 0.162 e. The molecule has 6 aromatic rings. The van der Waals surface area contributed by atoms with Gasteiger partial charge in [-0.3, -0.25) is 0 Å². The largest absolute Gasteiger partial charge is 0.496 e. The molecule has 0 saturated carbocycles. The quantitative estimate of drug-likeness (QED) is 0.101. The van der Waals surface area contributed by atoms with Gasteiger partial charge in [-0.1, -0.05) is 60.1 Å². The molecule has 2 N–H and O–H groups in total. The first-order valence-electron chi connectivity index (χ1n) is 16.3. The van der Waals surface area contributed by atoms with Crippen LogP contribution in [0.15, 0.2) is 97.3 Å². The van der Waals surface area contributed by atoms with E-state index in [0.717, 1.165) is 11.1 Å². The van der Waals surface area contributed by atoms with Crippen LogP contribution in [0.3, 0.4) is 0 Å². The number of anilines is 2. The van der Waals surface area contributed by atoms with Crippen molar-refractivity contribution in [2.75, 3.05) is 39.8 Å². The lowest BCUT2D eigenvalue weighted by Crippen LogP contribution is -2.21. The highest BCUT2D eigenvalue weighted by molar-refractivity contribution is 6.31. The topological polar surface area (TPSA) is 96.0 Å². The van der Waals surface area contributed by atoms with E-state index in [4.69, 9.17) is 35.3 Å². The van der Waals surface area contributed by atoms with Gasteiger partial charge >= 0.3 is 0 Å². The van der Waals surface area contributed by atoms with Crippen molar-refractivity contribution in [1.29, 1.82) is 0 Å². The molecule has 9 nitrogen and oxygen atoms in total. The first kappa shape index (κ1) is 35.3. The Morgan fingerprint density at radius 3 is 2.25 bits per heavy atom. The highest BCUT2D eigenvalue weighted by Gasteiger charge is 2.16. The van der Waals surface area contributed by atoms with Crippen molar-refractivity contribution in [3.05, 3.63) is 125 Å². The van der Waals surface area contributed by atoms with Crippen LogP contribution in [0.5, 0.6) is 28.7 Å². The summed E-state index contributed by atoms with van der Waals surface area (Å²) in [4.78, 5) is 8.75. The van der Waals surface area contributed by atoms with Gasteiger partial charge in [0, 0.05) is 42.4 Å². The van der Waals surface area contributed by atoms with Crippen molar-refractivity contribution in [1.82, 2.24) is 15.3 Å². The molecule has 0 bridgehead atoms. The van der Waals surface area contributed by atoms with Gasteiger partial charge in [0.15, 0.2) is 11.5 Å². The van der Waals surface area contributed by atoms with E-state index in [-0.39, 0.29) is 5.02 Å². The van der Waals surface area contributed by atoms with Crippen LogP contribution >= 0.6 is 11.6 Å². The Balaban J connectivity index is 1.10. The van der Waals surface area contributed by atoms with Crippen LogP contribution in [0.25, 0.3) is 22.0 Å². The SMILES string of the molecule is COc1cc2ncnc(Nc3ccc(F)c(Cl)c3)c2cc1OCCNCc1c(OC)cc(OCc2cccc(-c3ccccc3)c2C)cc1OC. The van der Waals surface area contributed by atoms with Crippen LogP contribution in [0, 0.1) is 12.7 Å². The maximum Gasteiger partial charge on any atom is 0.162 e. The van der Waals surface area contributed by atoms with E-state index >= 15 is 0 Å². The minimum absolute atomic E-state index is 0.00649. The Bertz CT molecular complexity index is 2110. The van der Waals surface area contributed by atoms with Crippen LogP contribution in [0.4, 0.5) is 15.9 Å². The Kier molecular flexibility index (Phi) is 11.3. The fourth-order valence-corrected chi connectivity index (χ4v) is 5.92. The van der Waals surface area contributed by atoms with Crippen molar-refractivity contribution >= 4 is 34.0 Å². The number of rotatable bonds is 15. The van der Waals surface area contributed by atoms with Crippen LogP contribution in [-0.2, 0) is 13.2 Å².